The second-order valence-electron chi connectivity index (χ2n) is 4.15. The molecule has 0 saturated heterocycles. The molecule has 4 nitrogen and oxygen atoms in total. The van der Waals surface area contributed by atoms with Crippen LogP contribution in [0.1, 0.15) is 20.8 Å². The zero-order valence-corrected chi connectivity index (χ0v) is 11.9. The Balaban J connectivity index is 2.55. The highest BCUT2D eigenvalue weighted by Gasteiger charge is 2.04. The van der Waals surface area contributed by atoms with E-state index in [1.54, 1.807) is 11.3 Å². The lowest BCUT2D eigenvalue weighted by Gasteiger charge is -2.02. The summed E-state index contributed by atoms with van der Waals surface area (Å²) in [5.41, 5.74) is 2.09. The molecule has 0 atom stereocenters. The van der Waals surface area contributed by atoms with Gasteiger partial charge in [0.05, 0.1) is 16.8 Å². The molecule has 0 bridgehead atoms. The highest BCUT2D eigenvalue weighted by molar-refractivity contribution is 7.16. The summed E-state index contributed by atoms with van der Waals surface area (Å²) >= 11 is 1.62. The van der Waals surface area contributed by atoms with Crippen molar-refractivity contribution in [3.05, 3.63) is 23.0 Å². The Labute approximate surface area is 110 Å². The quantitative estimate of drug-likeness (QED) is 0.620. The van der Waals surface area contributed by atoms with E-state index in [1.807, 2.05) is 44.5 Å². The highest BCUT2D eigenvalue weighted by Crippen LogP contribution is 2.22. The van der Waals surface area contributed by atoms with Crippen LogP contribution in [-0.2, 0) is 7.05 Å². The van der Waals surface area contributed by atoms with Crippen LogP contribution in [0.2, 0.25) is 0 Å². The first-order chi connectivity index (χ1) is 8.61. The van der Waals surface area contributed by atoms with Crippen LogP contribution in [0.25, 0.3) is 10.2 Å². The molecule has 0 fully saturated rings. The molecule has 0 radical (unpaired) electrons. The maximum atomic E-state index is 5.50. The van der Waals surface area contributed by atoms with Crippen LogP contribution in [0, 0.1) is 0 Å². The van der Waals surface area contributed by atoms with Crippen LogP contribution in [0.3, 0.4) is 0 Å². The number of aryl methyl sites for hydroxylation is 1. The monoisotopic (exact) mass is 263 g/mol. The zero-order valence-electron chi connectivity index (χ0n) is 11.1. The van der Waals surface area contributed by atoms with E-state index in [-0.39, 0.29) is 0 Å². The summed E-state index contributed by atoms with van der Waals surface area (Å²) in [5.74, 6) is 0.897. The molecule has 2 rings (SSSR count). The number of fused-ring (bicyclic) bond motifs is 1. The van der Waals surface area contributed by atoms with Crippen molar-refractivity contribution in [1.82, 2.24) is 4.57 Å². The normalized spacial score (nSPS) is 11.9. The summed E-state index contributed by atoms with van der Waals surface area (Å²) in [7, 11) is 2.00. The van der Waals surface area contributed by atoms with Gasteiger partial charge in [0.15, 0.2) is 0 Å². The SMILES string of the molecule is CCOc1ccc2c(c1)sc(=NN=C(C)C)n2C. The van der Waals surface area contributed by atoms with Crippen molar-refractivity contribution in [3.63, 3.8) is 0 Å². The summed E-state index contributed by atoms with van der Waals surface area (Å²) in [5, 5.41) is 8.36. The summed E-state index contributed by atoms with van der Waals surface area (Å²) in [6.45, 7) is 6.53. The number of ether oxygens (including phenoxy) is 1. The summed E-state index contributed by atoms with van der Waals surface area (Å²) in [4.78, 5) is 0.889. The van der Waals surface area contributed by atoms with Gasteiger partial charge in [-0.15, -0.1) is 5.10 Å². The Hall–Kier alpha value is -1.62. The van der Waals surface area contributed by atoms with E-state index in [4.69, 9.17) is 4.74 Å². The molecule has 2 aromatic rings. The number of aromatic nitrogens is 1. The summed E-state index contributed by atoms with van der Waals surface area (Å²) in [6, 6.07) is 6.08. The van der Waals surface area contributed by atoms with Gasteiger partial charge >= 0.3 is 0 Å². The number of thiazole rings is 1. The van der Waals surface area contributed by atoms with Gasteiger partial charge in [0.1, 0.15) is 5.75 Å². The maximum Gasteiger partial charge on any atom is 0.211 e. The van der Waals surface area contributed by atoms with Crippen molar-refractivity contribution in [2.45, 2.75) is 20.8 Å². The van der Waals surface area contributed by atoms with Crippen LogP contribution in [0.5, 0.6) is 5.75 Å². The maximum absolute atomic E-state index is 5.50. The average molecular weight is 263 g/mol. The number of benzene rings is 1. The van der Waals surface area contributed by atoms with Crippen molar-refractivity contribution in [2.24, 2.45) is 17.3 Å². The van der Waals surface area contributed by atoms with Gasteiger partial charge in [0.25, 0.3) is 0 Å². The molecule has 96 valence electrons. The van der Waals surface area contributed by atoms with Crippen LogP contribution >= 0.6 is 11.3 Å². The summed E-state index contributed by atoms with van der Waals surface area (Å²) < 4.78 is 8.70. The first-order valence-corrected chi connectivity index (χ1v) is 6.70. The minimum absolute atomic E-state index is 0.680. The van der Waals surface area contributed by atoms with Crippen LogP contribution in [-0.4, -0.2) is 16.9 Å². The van der Waals surface area contributed by atoms with E-state index in [0.29, 0.717) is 6.61 Å². The number of hydrogen-bond donors (Lipinski definition) is 0. The van der Waals surface area contributed by atoms with Gasteiger partial charge in [-0.2, -0.15) is 5.10 Å². The Morgan fingerprint density at radius 1 is 1.39 bits per heavy atom. The molecule has 0 amide bonds. The van der Waals surface area contributed by atoms with Crippen molar-refractivity contribution < 1.29 is 4.74 Å². The van der Waals surface area contributed by atoms with Crippen molar-refractivity contribution in [2.75, 3.05) is 6.61 Å². The molecule has 1 aromatic carbocycles. The highest BCUT2D eigenvalue weighted by atomic mass is 32.1. The fourth-order valence-electron chi connectivity index (χ4n) is 1.61. The molecule has 0 N–H and O–H groups in total. The van der Waals surface area contributed by atoms with Crippen LogP contribution in [0.4, 0.5) is 0 Å². The van der Waals surface area contributed by atoms with Gasteiger partial charge in [-0.25, -0.2) is 0 Å². The molecular weight excluding hydrogens is 246 g/mol. The Morgan fingerprint density at radius 3 is 2.83 bits per heavy atom. The molecule has 18 heavy (non-hydrogen) atoms. The number of rotatable bonds is 3. The second kappa shape index (κ2) is 5.35. The lowest BCUT2D eigenvalue weighted by atomic mass is 10.3. The van der Waals surface area contributed by atoms with Crippen LogP contribution < -0.4 is 9.54 Å². The third kappa shape index (κ3) is 2.61. The Morgan fingerprint density at radius 2 is 2.17 bits per heavy atom. The second-order valence-corrected chi connectivity index (χ2v) is 5.16. The van der Waals surface area contributed by atoms with Gasteiger partial charge in [-0.05, 0) is 39.0 Å². The van der Waals surface area contributed by atoms with Gasteiger partial charge in [-0.3, -0.25) is 0 Å². The van der Waals surface area contributed by atoms with Gasteiger partial charge in [0, 0.05) is 12.8 Å². The van der Waals surface area contributed by atoms with Crippen LogP contribution in [0.15, 0.2) is 28.4 Å². The molecule has 1 heterocycles. The first kappa shape index (κ1) is 12.8. The van der Waals surface area contributed by atoms with E-state index in [9.17, 15) is 0 Å². The molecule has 1 aromatic heterocycles. The fraction of sp³-hybridized carbons (Fsp3) is 0.385. The lowest BCUT2D eigenvalue weighted by Crippen LogP contribution is -2.09. The van der Waals surface area contributed by atoms with E-state index in [1.165, 1.54) is 0 Å². The standard InChI is InChI=1S/C13H17N3OS/c1-5-17-10-6-7-11-12(8-10)18-13(16(11)4)15-14-9(2)3/h6-8H,5H2,1-4H3. The molecule has 0 spiro atoms. The molecule has 0 aliphatic heterocycles. The third-order valence-electron chi connectivity index (χ3n) is 2.43. The van der Waals surface area contributed by atoms with E-state index in [2.05, 4.69) is 16.3 Å². The first-order valence-electron chi connectivity index (χ1n) is 5.89. The van der Waals surface area contributed by atoms with Crippen molar-refractivity contribution in [3.8, 4) is 5.75 Å². The Kier molecular flexibility index (Phi) is 3.81. The lowest BCUT2D eigenvalue weighted by molar-refractivity contribution is 0.341. The minimum Gasteiger partial charge on any atom is -0.494 e. The minimum atomic E-state index is 0.680. The molecular formula is C13H17N3OS. The van der Waals surface area contributed by atoms with Crippen molar-refractivity contribution >= 4 is 27.3 Å². The predicted molar refractivity (Wildman–Crippen MR) is 76.3 cm³/mol. The number of nitrogens with zero attached hydrogens (tertiary/aromatic N) is 3. The average Bonchev–Trinajstić information content (AvgIpc) is 2.64. The largest absolute Gasteiger partial charge is 0.494 e. The number of hydrogen-bond acceptors (Lipinski definition) is 4. The molecule has 0 unspecified atom stereocenters. The molecule has 0 aliphatic carbocycles. The van der Waals surface area contributed by atoms with E-state index >= 15 is 0 Å². The summed E-state index contributed by atoms with van der Waals surface area (Å²) in [6.07, 6.45) is 0. The molecule has 0 aliphatic rings. The van der Waals surface area contributed by atoms with E-state index < -0.39 is 0 Å². The van der Waals surface area contributed by atoms with Gasteiger partial charge in [-0.1, -0.05) is 11.3 Å². The predicted octanol–water partition coefficient (Wildman–Crippen LogP) is 2.94. The molecule has 0 saturated carbocycles. The topological polar surface area (TPSA) is 38.9 Å². The molecule has 5 heteroatoms. The van der Waals surface area contributed by atoms with Crippen molar-refractivity contribution in [1.29, 1.82) is 0 Å². The smallest absolute Gasteiger partial charge is 0.211 e. The zero-order chi connectivity index (χ0) is 13.1. The van der Waals surface area contributed by atoms with Gasteiger partial charge in [0.2, 0.25) is 4.80 Å². The fourth-order valence-corrected chi connectivity index (χ4v) is 2.61. The van der Waals surface area contributed by atoms with E-state index in [0.717, 1.165) is 26.5 Å². The third-order valence-corrected chi connectivity index (χ3v) is 3.51. The van der Waals surface area contributed by atoms with Gasteiger partial charge < -0.3 is 9.30 Å². The Bertz CT molecular complexity index is 648.